The van der Waals surface area contributed by atoms with E-state index in [-0.39, 0.29) is 18.6 Å². The monoisotopic (exact) mass is 296 g/mol. The molecule has 0 radical (unpaired) electrons. The number of ketones is 1. The van der Waals surface area contributed by atoms with Crippen molar-refractivity contribution >= 4 is 23.7 Å². The first-order valence-corrected chi connectivity index (χ1v) is 6.19. The Bertz CT molecular complexity index is 529. The summed E-state index contributed by atoms with van der Waals surface area (Å²) in [6.45, 7) is 1.77. The Morgan fingerprint density at radius 2 is 1.86 bits per heavy atom. The van der Waals surface area contributed by atoms with Gasteiger partial charge in [-0.2, -0.15) is 0 Å². The maximum atomic E-state index is 12.0. The van der Waals surface area contributed by atoms with Crippen molar-refractivity contribution in [3.05, 3.63) is 23.8 Å². The van der Waals surface area contributed by atoms with E-state index in [9.17, 15) is 19.2 Å². The third kappa shape index (κ3) is 3.56. The van der Waals surface area contributed by atoms with Gasteiger partial charge in [0, 0.05) is 0 Å². The minimum atomic E-state index is -1.56. The predicted octanol–water partition coefficient (Wildman–Crippen LogP) is 0.337. The first-order chi connectivity index (χ1) is 9.90. The summed E-state index contributed by atoms with van der Waals surface area (Å²) in [6, 6.07) is 0. The van der Waals surface area contributed by atoms with Gasteiger partial charge >= 0.3 is 17.9 Å². The molecular weight excluding hydrogens is 280 g/mol. The van der Waals surface area contributed by atoms with E-state index in [1.54, 1.807) is 6.92 Å². The molecule has 114 valence electrons. The van der Waals surface area contributed by atoms with Crippen LogP contribution in [-0.2, 0) is 33.4 Å². The third-order valence-electron chi connectivity index (χ3n) is 2.91. The second kappa shape index (κ2) is 6.83. The Kier molecular flexibility index (Phi) is 5.40. The topological polar surface area (TPSA) is 96.0 Å². The van der Waals surface area contributed by atoms with Crippen LogP contribution < -0.4 is 0 Å². The molecule has 7 nitrogen and oxygen atoms in total. The van der Waals surface area contributed by atoms with Crippen molar-refractivity contribution in [2.75, 3.05) is 20.8 Å². The van der Waals surface area contributed by atoms with Gasteiger partial charge in [0.15, 0.2) is 5.78 Å². The highest BCUT2D eigenvalue weighted by molar-refractivity contribution is 6.23. The second-order valence-electron chi connectivity index (χ2n) is 4.26. The molecule has 0 aromatic heterocycles. The molecule has 1 atom stereocenters. The quantitative estimate of drug-likeness (QED) is 0.410. The van der Waals surface area contributed by atoms with Gasteiger partial charge in [0.05, 0.1) is 27.2 Å². The van der Waals surface area contributed by atoms with E-state index in [1.807, 2.05) is 0 Å². The SMILES string of the molecule is CCOC(=O)CC1(C(=O)OC)C=CC(=O)C(C(=O)OC)=C1. The molecule has 1 aliphatic rings. The molecule has 0 saturated carbocycles. The average molecular weight is 296 g/mol. The fourth-order valence-electron chi connectivity index (χ4n) is 1.91. The van der Waals surface area contributed by atoms with Crippen LogP contribution in [0.4, 0.5) is 0 Å². The minimum Gasteiger partial charge on any atom is -0.468 e. The van der Waals surface area contributed by atoms with E-state index in [2.05, 4.69) is 9.47 Å². The number of methoxy groups -OCH3 is 2. The van der Waals surface area contributed by atoms with Crippen molar-refractivity contribution in [3.63, 3.8) is 0 Å². The smallest absolute Gasteiger partial charge is 0.341 e. The summed E-state index contributed by atoms with van der Waals surface area (Å²) in [5.74, 6) is -2.92. The molecule has 0 aromatic rings. The lowest BCUT2D eigenvalue weighted by molar-refractivity contribution is -0.155. The number of hydrogen-bond donors (Lipinski definition) is 0. The number of allylic oxidation sites excluding steroid dienone is 1. The highest BCUT2D eigenvalue weighted by Crippen LogP contribution is 2.33. The fourth-order valence-corrected chi connectivity index (χ4v) is 1.91. The summed E-state index contributed by atoms with van der Waals surface area (Å²) in [7, 11) is 2.26. The van der Waals surface area contributed by atoms with Crippen molar-refractivity contribution in [2.24, 2.45) is 5.41 Å². The maximum absolute atomic E-state index is 12.0. The molecule has 0 bridgehead atoms. The van der Waals surface area contributed by atoms with E-state index in [1.165, 1.54) is 6.08 Å². The molecule has 7 heteroatoms. The molecular formula is C14H16O7. The summed E-state index contributed by atoms with van der Waals surface area (Å²) < 4.78 is 14.0. The second-order valence-corrected chi connectivity index (χ2v) is 4.26. The van der Waals surface area contributed by atoms with Crippen molar-refractivity contribution in [1.29, 1.82) is 0 Å². The van der Waals surface area contributed by atoms with E-state index in [4.69, 9.17) is 4.74 Å². The average Bonchev–Trinajstić information content (AvgIpc) is 2.47. The number of esters is 3. The summed E-state index contributed by atoms with van der Waals surface area (Å²) in [5.41, 5.74) is -1.88. The van der Waals surface area contributed by atoms with E-state index in [0.29, 0.717) is 0 Å². The molecule has 0 fully saturated rings. The summed E-state index contributed by atoms with van der Waals surface area (Å²) in [5, 5.41) is 0. The number of carbonyl (C=O) groups is 4. The Hall–Kier alpha value is -2.44. The van der Waals surface area contributed by atoms with Crippen molar-refractivity contribution in [3.8, 4) is 0 Å². The summed E-state index contributed by atoms with van der Waals surface area (Å²) in [4.78, 5) is 46.9. The number of hydrogen-bond acceptors (Lipinski definition) is 7. The lowest BCUT2D eigenvalue weighted by Crippen LogP contribution is -2.35. The summed E-state index contributed by atoms with van der Waals surface area (Å²) >= 11 is 0. The number of rotatable bonds is 5. The molecule has 21 heavy (non-hydrogen) atoms. The van der Waals surface area contributed by atoms with Gasteiger partial charge < -0.3 is 14.2 Å². The number of carbonyl (C=O) groups excluding carboxylic acids is 4. The highest BCUT2D eigenvalue weighted by atomic mass is 16.5. The number of ether oxygens (including phenoxy) is 3. The van der Waals surface area contributed by atoms with Crippen LogP contribution in [0, 0.1) is 5.41 Å². The molecule has 1 aliphatic carbocycles. The Morgan fingerprint density at radius 1 is 1.19 bits per heavy atom. The van der Waals surface area contributed by atoms with Crippen molar-refractivity contribution in [2.45, 2.75) is 13.3 Å². The van der Waals surface area contributed by atoms with Crippen LogP contribution >= 0.6 is 0 Å². The Balaban J connectivity index is 3.24. The van der Waals surface area contributed by atoms with E-state index < -0.39 is 29.1 Å². The predicted molar refractivity (Wildman–Crippen MR) is 69.9 cm³/mol. The Morgan fingerprint density at radius 3 is 2.38 bits per heavy atom. The van der Waals surface area contributed by atoms with Gasteiger partial charge in [-0.15, -0.1) is 0 Å². The third-order valence-corrected chi connectivity index (χ3v) is 2.91. The van der Waals surface area contributed by atoms with Crippen LogP contribution in [0.2, 0.25) is 0 Å². The maximum Gasteiger partial charge on any atom is 0.341 e. The van der Waals surface area contributed by atoms with Gasteiger partial charge in [-0.05, 0) is 19.1 Å². The van der Waals surface area contributed by atoms with Gasteiger partial charge in [-0.1, -0.05) is 6.08 Å². The van der Waals surface area contributed by atoms with E-state index >= 15 is 0 Å². The van der Waals surface area contributed by atoms with Crippen LogP contribution in [-0.4, -0.2) is 44.5 Å². The van der Waals surface area contributed by atoms with Crippen LogP contribution in [0.5, 0.6) is 0 Å². The fraction of sp³-hybridized carbons (Fsp3) is 0.429. The largest absolute Gasteiger partial charge is 0.468 e. The lowest BCUT2D eigenvalue weighted by atomic mass is 9.78. The van der Waals surface area contributed by atoms with Gasteiger partial charge in [-0.3, -0.25) is 14.4 Å². The zero-order valence-corrected chi connectivity index (χ0v) is 12.0. The minimum absolute atomic E-state index is 0.145. The summed E-state index contributed by atoms with van der Waals surface area (Å²) in [6.07, 6.45) is 2.98. The molecule has 0 heterocycles. The highest BCUT2D eigenvalue weighted by Gasteiger charge is 2.42. The van der Waals surface area contributed by atoms with Crippen LogP contribution in [0.3, 0.4) is 0 Å². The zero-order chi connectivity index (χ0) is 16.0. The van der Waals surface area contributed by atoms with Gasteiger partial charge in [0.25, 0.3) is 0 Å². The molecule has 0 spiro atoms. The van der Waals surface area contributed by atoms with Gasteiger partial charge in [0.2, 0.25) is 0 Å². The van der Waals surface area contributed by atoms with E-state index in [0.717, 1.165) is 26.4 Å². The van der Waals surface area contributed by atoms with Crippen LogP contribution in [0.25, 0.3) is 0 Å². The molecule has 0 aliphatic heterocycles. The zero-order valence-electron chi connectivity index (χ0n) is 12.0. The van der Waals surface area contributed by atoms with Crippen LogP contribution in [0.1, 0.15) is 13.3 Å². The van der Waals surface area contributed by atoms with Gasteiger partial charge in [-0.25, -0.2) is 4.79 Å². The van der Waals surface area contributed by atoms with Crippen molar-refractivity contribution in [1.82, 2.24) is 0 Å². The molecule has 1 rings (SSSR count). The molecule has 0 amide bonds. The Labute approximate surface area is 121 Å². The van der Waals surface area contributed by atoms with Crippen molar-refractivity contribution < 1.29 is 33.4 Å². The lowest BCUT2D eigenvalue weighted by Gasteiger charge is -2.26. The molecule has 0 saturated heterocycles. The standard InChI is InChI=1S/C14H16O7/c1-4-21-11(16)8-14(13(18)20-3)6-5-10(15)9(7-14)12(17)19-2/h5-7H,4,8H2,1-3H3. The first-order valence-electron chi connectivity index (χ1n) is 6.19. The first kappa shape index (κ1) is 16.6. The molecule has 0 aromatic carbocycles. The van der Waals surface area contributed by atoms with Crippen LogP contribution in [0.15, 0.2) is 23.8 Å². The molecule has 0 N–H and O–H groups in total. The molecule has 1 unspecified atom stereocenters. The normalized spacial score (nSPS) is 20.5. The van der Waals surface area contributed by atoms with Gasteiger partial charge in [0.1, 0.15) is 11.0 Å².